The molecule has 4 aromatic rings. The maximum atomic E-state index is 12.7. The molecule has 3 aromatic carbocycles. The van der Waals surface area contributed by atoms with Gasteiger partial charge in [-0.3, -0.25) is 4.79 Å². The number of nitrogens with one attached hydrogen (secondary N) is 1. The van der Waals surface area contributed by atoms with Crippen LogP contribution >= 0.6 is 15.9 Å². The molecule has 4 rings (SSSR count). The van der Waals surface area contributed by atoms with E-state index in [1.165, 1.54) is 0 Å². The van der Waals surface area contributed by atoms with E-state index in [2.05, 4.69) is 21.2 Å². The quantitative estimate of drug-likeness (QED) is 0.360. The summed E-state index contributed by atoms with van der Waals surface area (Å²) >= 11 is 3.42. The van der Waals surface area contributed by atoms with Crippen LogP contribution in [0.2, 0.25) is 0 Å². The Morgan fingerprint density at radius 1 is 1.03 bits per heavy atom. The lowest BCUT2D eigenvalue weighted by atomic mass is 10.1. The van der Waals surface area contributed by atoms with E-state index in [0.717, 1.165) is 26.6 Å². The number of carboxylic acid groups (broad SMARTS) is 1. The molecule has 162 valence electrons. The molecule has 1 amide bonds. The summed E-state index contributed by atoms with van der Waals surface area (Å²) < 4.78 is 3.00. The predicted molar refractivity (Wildman–Crippen MR) is 127 cm³/mol. The van der Waals surface area contributed by atoms with Crippen LogP contribution in [0.4, 0.5) is 0 Å². The second-order valence-corrected chi connectivity index (χ2v) is 8.46. The molecule has 32 heavy (non-hydrogen) atoms. The summed E-state index contributed by atoms with van der Waals surface area (Å²) in [6.45, 7) is 2.42. The number of hydrogen-bond donors (Lipinski definition) is 2. The van der Waals surface area contributed by atoms with Gasteiger partial charge in [-0.05, 0) is 48.9 Å². The van der Waals surface area contributed by atoms with Crippen molar-refractivity contribution in [3.05, 3.63) is 88.4 Å². The van der Waals surface area contributed by atoms with Crippen molar-refractivity contribution in [2.24, 2.45) is 0 Å². The standard InChI is InChI=1S/C25H22BrN3O3/c1-16(17-10-12-20(26)13-11-17)27-23(30)14-15-29-22-5-3-2-4-21(22)28-24(29)18-6-8-19(9-7-18)25(31)32/h2-13,16H,14-15H2,1H3,(H,27,30)(H,31,32). The van der Waals surface area contributed by atoms with E-state index in [1.807, 2.05) is 60.0 Å². The van der Waals surface area contributed by atoms with Crippen LogP contribution in [0.5, 0.6) is 0 Å². The summed E-state index contributed by atoms with van der Waals surface area (Å²) in [6, 6.07) is 22.2. The molecule has 7 heteroatoms. The topological polar surface area (TPSA) is 84.2 Å². The number of aryl methyl sites for hydroxylation is 1. The van der Waals surface area contributed by atoms with Gasteiger partial charge in [0.25, 0.3) is 0 Å². The van der Waals surface area contributed by atoms with Crippen molar-refractivity contribution in [3.63, 3.8) is 0 Å². The molecule has 1 atom stereocenters. The molecule has 0 fully saturated rings. The van der Waals surface area contributed by atoms with Gasteiger partial charge in [-0.2, -0.15) is 0 Å². The zero-order chi connectivity index (χ0) is 22.7. The largest absolute Gasteiger partial charge is 0.478 e. The van der Waals surface area contributed by atoms with Crippen molar-refractivity contribution in [3.8, 4) is 11.4 Å². The molecule has 0 aliphatic heterocycles. The van der Waals surface area contributed by atoms with Crippen LogP contribution in [0.25, 0.3) is 22.4 Å². The third-order valence-corrected chi connectivity index (χ3v) is 5.88. The average Bonchev–Trinajstić information content (AvgIpc) is 3.16. The molecule has 0 aliphatic carbocycles. The molecule has 1 unspecified atom stereocenters. The number of carbonyl (C=O) groups is 2. The van der Waals surface area contributed by atoms with Gasteiger partial charge in [0.1, 0.15) is 5.82 Å². The van der Waals surface area contributed by atoms with E-state index >= 15 is 0 Å². The monoisotopic (exact) mass is 491 g/mol. The normalized spacial score (nSPS) is 11.9. The van der Waals surface area contributed by atoms with Gasteiger partial charge < -0.3 is 15.0 Å². The summed E-state index contributed by atoms with van der Waals surface area (Å²) in [4.78, 5) is 28.6. The van der Waals surface area contributed by atoms with Crippen LogP contribution < -0.4 is 5.32 Å². The summed E-state index contributed by atoms with van der Waals surface area (Å²) in [6.07, 6.45) is 0.293. The van der Waals surface area contributed by atoms with E-state index in [1.54, 1.807) is 24.3 Å². The van der Waals surface area contributed by atoms with Crippen LogP contribution in [-0.2, 0) is 11.3 Å². The number of carboxylic acids is 1. The Bertz CT molecular complexity index is 1260. The second kappa shape index (κ2) is 9.36. The molecule has 0 bridgehead atoms. The molecule has 0 spiro atoms. The van der Waals surface area contributed by atoms with Crippen molar-refractivity contribution in [2.45, 2.75) is 25.9 Å². The summed E-state index contributed by atoms with van der Waals surface area (Å²) in [7, 11) is 0. The van der Waals surface area contributed by atoms with Crippen LogP contribution in [0.3, 0.4) is 0 Å². The predicted octanol–water partition coefficient (Wildman–Crippen LogP) is 5.43. The van der Waals surface area contributed by atoms with Crippen LogP contribution in [0.15, 0.2) is 77.3 Å². The number of para-hydroxylation sites is 2. The molecule has 1 aromatic heterocycles. The number of aromatic nitrogens is 2. The number of benzene rings is 3. The summed E-state index contributed by atoms with van der Waals surface area (Å²) in [5.41, 5.74) is 3.81. The zero-order valence-corrected chi connectivity index (χ0v) is 19.0. The Morgan fingerprint density at radius 2 is 1.72 bits per heavy atom. The molecule has 2 N–H and O–H groups in total. The van der Waals surface area contributed by atoms with Gasteiger partial charge in [-0.25, -0.2) is 9.78 Å². The van der Waals surface area contributed by atoms with Gasteiger partial charge in [0.05, 0.1) is 22.6 Å². The Kier molecular flexibility index (Phi) is 6.37. The number of fused-ring (bicyclic) bond motifs is 1. The van der Waals surface area contributed by atoms with Gasteiger partial charge in [-0.15, -0.1) is 0 Å². The van der Waals surface area contributed by atoms with Gasteiger partial charge in [0.15, 0.2) is 0 Å². The zero-order valence-electron chi connectivity index (χ0n) is 17.5. The minimum absolute atomic E-state index is 0.0506. The van der Waals surface area contributed by atoms with Crippen molar-refractivity contribution >= 4 is 38.8 Å². The number of aromatic carboxylic acids is 1. The highest BCUT2D eigenvalue weighted by Gasteiger charge is 2.15. The summed E-state index contributed by atoms with van der Waals surface area (Å²) in [5, 5.41) is 12.2. The first kappa shape index (κ1) is 21.8. The van der Waals surface area contributed by atoms with Gasteiger partial charge in [-0.1, -0.05) is 52.3 Å². The highest BCUT2D eigenvalue weighted by Crippen LogP contribution is 2.26. The molecule has 1 heterocycles. The van der Waals surface area contributed by atoms with E-state index in [4.69, 9.17) is 10.1 Å². The Morgan fingerprint density at radius 3 is 2.41 bits per heavy atom. The second-order valence-electron chi connectivity index (χ2n) is 7.55. The smallest absolute Gasteiger partial charge is 0.335 e. The average molecular weight is 492 g/mol. The summed E-state index contributed by atoms with van der Waals surface area (Å²) in [5.74, 6) is -0.316. The fourth-order valence-electron chi connectivity index (χ4n) is 3.65. The maximum Gasteiger partial charge on any atom is 0.335 e. The first-order chi connectivity index (χ1) is 15.4. The SMILES string of the molecule is CC(NC(=O)CCn1c(-c2ccc(C(=O)O)cc2)nc2ccccc21)c1ccc(Br)cc1. The minimum atomic E-state index is -0.971. The van der Waals surface area contributed by atoms with Crippen LogP contribution in [-0.4, -0.2) is 26.5 Å². The third-order valence-electron chi connectivity index (χ3n) is 5.35. The van der Waals surface area contributed by atoms with E-state index in [-0.39, 0.29) is 17.5 Å². The highest BCUT2D eigenvalue weighted by atomic mass is 79.9. The van der Waals surface area contributed by atoms with E-state index in [0.29, 0.717) is 18.8 Å². The first-order valence-electron chi connectivity index (χ1n) is 10.3. The molecular weight excluding hydrogens is 470 g/mol. The van der Waals surface area contributed by atoms with Crippen LogP contribution in [0.1, 0.15) is 35.3 Å². The lowest BCUT2D eigenvalue weighted by Gasteiger charge is -2.15. The molecule has 0 aliphatic rings. The molecule has 0 saturated carbocycles. The first-order valence-corrected chi connectivity index (χ1v) is 11.1. The Labute approximate surface area is 194 Å². The number of nitrogens with zero attached hydrogens (tertiary/aromatic N) is 2. The maximum absolute atomic E-state index is 12.7. The van der Waals surface area contributed by atoms with Gasteiger partial charge in [0.2, 0.25) is 5.91 Å². The fraction of sp³-hybridized carbons (Fsp3) is 0.160. The van der Waals surface area contributed by atoms with Crippen LogP contribution in [0, 0.1) is 0 Å². The van der Waals surface area contributed by atoms with Gasteiger partial charge in [0, 0.05) is 23.0 Å². The van der Waals surface area contributed by atoms with E-state index < -0.39 is 5.97 Å². The number of carbonyl (C=O) groups excluding carboxylic acids is 1. The molecule has 0 radical (unpaired) electrons. The van der Waals surface area contributed by atoms with Gasteiger partial charge >= 0.3 is 5.97 Å². The molecule has 6 nitrogen and oxygen atoms in total. The van der Waals surface area contributed by atoms with E-state index in [9.17, 15) is 9.59 Å². The lowest BCUT2D eigenvalue weighted by Crippen LogP contribution is -2.27. The van der Waals surface area contributed by atoms with Crippen molar-refractivity contribution in [2.75, 3.05) is 0 Å². The fourth-order valence-corrected chi connectivity index (χ4v) is 3.91. The Hall–Kier alpha value is -3.45. The minimum Gasteiger partial charge on any atom is -0.478 e. The number of amides is 1. The Balaban J connectivity index is 1.54. The highest BCUT2D eigenvalue weighted by molar-refractivity contribution is 9.10. The lowest BCUT2D eigenvalue weighted by molar-refractivity contribution is -0.121. The number of hydrogen-bond acceptors (Lipinski definition) is 3. The van der Waals surface area contributed by atoms with Crippen molar-refractivity contribution < 1.29 is 14.7 Å². The number of halogens is 1. The third kappa shape index (κ3) is 4.73. The number of imidazole rings is 1. The van der Waals surface area contributed by atoms with Crippen molar-refractivity contribution in [1.82, 2.24) is 14.9 Å². The molecular formula is C25H22BrN3O3. The number of rotatable bonds is 7. The van der Waals surface area contributed by atoms with Crippen molar-refractivity contribution in [1.29, 1.82) is 0 Å². The molecule has 0 saturated heterocycles.